The van der Waals surface area contributed by atoms with Crippen LogP contribution >= 0.6 is 0 Å². The maximum absolute atomic E-state index is 13.5. The van der Waals surface area contributed by atoms with Gasteiger partial charge in [-0.2, -0.15) is 5.10 Å². The van der Waals surface area contributed by atoms with Gasteiger partial charge in [-0.25, -0.2) is 9.07 Å². The van der Waals surface area contributed by atoms with E-state index in [4.69, 9.17) is 10.5 Å². The highest BCUT2D eigenvalue weighted by atomic mass is 19.1. The van der Waals surface area contributed by atoms with E-state index in [1.54, 1.807) is 25.2 Å². The molecule has 0 saturated heterocycles. The normalized spacial score (nSPS) is 10.9. The van der Waals surface area contributed by atoms with Crippen molar-refractivity contribution in [3.8, 4) is 11.6 Å². The zero-order valence-corrected chi connectivity index (χ0v) is 10.6. The summed E-state index contributed by atoms with van der Waals surface area (Å²) in [6.07, 6.45) is 0. The van der Waals surface area contributed by atoms with E-state index in [1.165, 1.54) is 10.7 Å². The Morgan fingerprint density at radius 3 is 2.56 bits per heavy atom. The molecule has 1 aromatic carbocycles. The maximum atomic E-state index is 13.5. The number of aromatic nitrogens is 2. The SMILES string of the molecule is CC(C)c1nn(C)c(Oc2ccccc2F)c1N. The van der Waals surface area contributed by atoms with Gasteiger partial charge in [0, 0.05) is 7.05 Å². The monoisotopic (exact) mass is 249 g/mol. The molecule has 0 aliphatic rings. The lowest BCUT2D eigenvalue weighted by molar-refractivity contribution is 0.405. The molecule has 0 spiro atoms. The molecule has 18 heavy (non-hydrogen) atoms. The molecule has 2 aromatic rings. The number of nitrogens with zero attached hydrogens (tertiary/aromatic N) is 2. The lowest BCUT2D eigenvalue weighted by Gasteiger charge is -2.07. The summed E-state index contributed by atoms with van der Waals surface area (Å²) in [7, 11) is 1.72. The molecule has 0 radical (unpaired) electrons. The fraction of sp³-hybridized carbons (Fsp3) is 0.308. The standard InChI is InChI=1S/C13H16FN3O/c1-8(2)12-11(15)13(17(3)16-12)18-10-7-5-4-6-9(10)14/h4-8H,15H2,1-3H3. The molecule has 0 bridgehead atoms. The summed E-state index contributed by atoms with van der Waals surface area (Å²) in [5.41, 5.74) is 7.18. The van der Waals surface area contributed by atoms with Crippen LogP contribution < -0.4 is 10.5 Å². The Bertz CT molecular complexity index is 563. The van der Waals surface area contributed by atoms with Crippen LogP contribution in [-0.2, 0) is 7.05 Å². The number of hydrogen-bond donors (Lipinski definition) is 1. The second kappa shape index (κ2) is 4.68. The van der Waals surface area contributed by atoms with Crippen LogP contribution in [0.3, 0.4) is 0 Å². The number of benzene rings is 1. The van der Waals surface area contributed by atoms with Crippen LogP contribution in [0.1, 0.15) is 25.5 Å². The van der Waals surface area contributed by atoms with Gasteiger partial charge in [0.05, 0.1) is 5.69 Å². The van der Waals surface area contributed by atoms with Gasteiger partial charge in [-0.3, -0.25) is 0 Å². The number of aryl methyl sites for hydroxylation is 1. The van der Waals surface area contributed by atoms with Gasteiger partial charge >= 0.3 is 0 Å². The summed E-state index contributed by atoms with van der Waals surface area (Å²) in [6.45, 7) is 3.98. The van der Waals surface area contributed by atoms with Crippen molar-refractivity contribution in [3.05, 3.63) is 35.8 Å². The average molecular weight is 249 g/mol. The highest BCUT2D eigenvalue weighted by Crippen LogP contribution is 2.33. The molecule has 1 heterocycles. The molecule has 2 N–H and O–H groups in total. The van der Waals surface area contributed by atoms with Crippen molar-refractivity contribution >= 4 is 5.69 Å². The third-order valence-electron chi connectivity index (χ3n) is 2.65. The lowest BCUT2D eigenvalue weighted by atomic mass is 10.1. The molecule has 0 aliphatic heterocycles. The second-order valence-electron chi connectivity index (χ2n) is 4.41. The third-order valence-corrected chi connectivity index (χ3v) is 2.65. The first-order chi connectivity index (χ1) is 8.50. The minimum Gasteiger partial charge on any atom is -0.434 e. The minimum absolute atomic E-state index is 0.141. The first-order valence-electron chi connectivity index (χ1n) is 5.75. The number of nitrogens with two attached hydrogens (primary N) is 1. The van der Waals surface area contributed by atoms with E-state index in [2.05, 4.69) is 5.10 Å². The Morgan fingerprint density at radius 2 is 2.00 bits per heavy atom. The molecule has 0 unspecified atom stereocenters. The van der Waals surface area contributed by atoms with Crippen molar-refractivity contribution in [2.45, 2.75) is 19.8 Å². The Morgan fingerprint density at radius 1 is 1.33 bits per heavy atom. The summed E-state index contributed by atoms with van der Waals surface area (Å²) in [5.74, 6) is 0.268. The number of rotatable bonds is 3. The van der Waals surface area contributed by atoms with Crippen molar-refractivity contribution in [1.29, 1.82) is 0 Å². The predicted molar refractivity (Wildman–Crippen MR) is 68.2 cm³/mol. The van der Waals surface area contributed by atoms with Gasteiger partial charge in [-0.05, 0) is 18.1 Å². The first-order valence-corrected chi connectivity index (χ1v) is 5.75. The Labute approximate surface area is 105 Å². The van der Waals surface area contributed by atoms with E-state index in [-0.39, 0.29) is 11.7 Å². The van der Waals surface area contributed by atoms with E-state index >= 15 is 0 Å². The van der Waals surface area contributed by atoms with E-state index in [9.17, 15) is 4.39 Å². The molecule has 0 amide bonds. The zero-order valence-electron chi connectivity index (χ0n) is 10.6. The van der Waals surface area contributed by atoms with Crippen molar-refractivity contribution in [2.75, 3.05) is 5.73 Å². The summed E-state index contributed by atoms with van der Waals surface area (Å²) < 4.78 is 20.5. The molecule has 96 valence electrons. The van der Waals surface area contributed by atoms with Gasteiger partial charge in [0.15, 0.2) is 11.6 Å². The quantitative estimate of drug-likeness (QED) is 0.909. The van der Waals surface area contributed by atoms with E-state index < -0.39 is 5.82 Å². The number of ether oxygens (including phenoxy) is 1. The number of halogens is 1. The van der Waals surface area contributed by atoms with Crippen LogP contribution in [0, 0.1) is 5.82 Å². The zero-order chi connectivity index (χ0) is 13.3. The molecule has 0 saturated carbocycles. The molecule has 1 aromatic heterocycles. The van der Waals surface area contributed by atoms with Crippen LogP contribution in [0.4, 0.5) is 10.1 Å². The van der Waals surface area contributed by atoms with Gasteiger partial charge in [-0.1, -0.05) is 26.0 Å². The summed E-state index contributed by atoms with van der Waals surface area (Å²) in [5, 5.41) is 4.28. The largest absolute Gasteiger partial charge is 0.434 e. The predicted octanol–water partition coefficient (Wildman–Crippen LogP) is 3.06. The number of anilines is 1. The number of hydrogen-bond acceptors (Lipinski definition) is 3. The molecule has 5 heteroatoms. The molecular weight excluding hydrogens is 233 g/mol. The van der Waals surface area contributed by atoms with E-state index in [1.807, 2.05) is 13.8 Å². The Hall–Kier alpha value is -2.04. The number of nitrogen functional groups attached to an aromatic ring is 1. The summed E-state index contributed by atoms with van der Waals surface area (Å²) >= 11 is 0. The molecule has 0 atom stereocenters. The highest BCUT2D eigenvalue weighted by molar-refractivity contribution is 5.55. The summed E-state index contributed by atoms with van der Waals surface area (Å²) in [6, 6.07) is 6.20. The molecule has 2 rings (SSSR count). The van der Waals surface area contributed by atoms with Gasteiger partial charge in [0.2, 0.25) is 5.88 Å². The van der Waals surface area contributed by atoms with Crippen LogP contribution in [-0.4, -0.2) is 9.78 Å². The number of para-hydroxylation sites is 1. The highest BCUT2D eigenvalue weighted by Gasteiger charge is 2.18. The van der Waals surface area contributed by atoms with Crippen LogP contribution in [0.25, 0.3) is 0 Å². The van der Waals surface area contributed by atoms with Gasteiger partial charge in [0.25, 0.3) is 0 Å². The van der Waals surface area contributed by atoms with Gasteiger partial charge in [-0.15, -0.1) is 0 Å². The van der Waals surface area contributed by atoms with Crippen LogP contribution in [0.5, 0.6) is 11.6 Å². The molecular formula is C13H16FN3O. The second-order valence-corrected chi connectivity index (χ2v) is 4.41. The van der Waals surface area contributed by atoms with Crippen LogP contribution in [0.2, 0.25) is 0 Å². The van der Waals surface area contributed by atoms with E-state index in [0.29, 0.717) is 11.6 Å². The smallest absolute Gasteiger partial charge is 0.241 e. The van der Waals surface area contributed by atoms with Crippen molar-refractivity contribution in [1.82, 2.24) is 9.78 Å². The van der Waals surface area contributed by atoms with Crippen molar-refractivity contribution < 1.29 is 9.13 Å². The molecule has 0 fully saturated rings. The minimum atomic E-state index is -0.427. The third kappa shape index (κ3) is 2.16. The Kier molecular flexibility index (Phi) is 3.23. The lowest BCUT2D eigenvalue weighted by Crippen LogP contribution is -1.98. The van der Waals surface area contributed by atoms with Crippen molar-refractivity contribution in [2.24, 2.45) is 7.05 Å². The van der Waals surface area contributed by atoms with E-state index in [0.717, 1.165) is 5.69 Å². The first kappa shape index (κ1) is 12.4. The van der Waals surface area contributed by atoms with Gasteiger partial charge in [0.1, 0.15) is 5.69 Å². The fourth-order valence-corrected chi connectivity index (χ4v) is 1.72. The topological polar surface area (TPSA) is 53.1 Å². The van der Waals surface area contributed by atoms with Gasteiger partial charge < -0.3 is 10.5 Å². The molecule has 4 nitrogen and oxygen atoms in total. The summed E-state index contributed by atoms with van der Waals surface area (Å²) in [4.78, 5) is 0. The fourth-order valence-electron chi connectivity index (χ4n) is 1.72. The Balaban J connectivity index is 2.38. The maximum Gasteiger partial charge on any atom is 0.241 e. The van der Waals surface area contributed by atoms with Crippen LogP contribution in [0.15, 0.2) is 24.3 Å². The molecule has 0 aliphatic carbocycles. The average Bonchev–Trinajstić information content (AvgIpc) is 2.60. The van der Waals surface area contributed by atoms with Crippen molar-refractivity contribution in [3.63, 3.8) is 0 Å².